The van der Waals surface area contributed by atoms with Crippen molar-refractivity contribution in [3.63, 3.8) is 0 Å². The second-order valence-corrected chi connectivity index (χ2v) is 3.58. The average molecular weight is 261 g/mol. The molecule has 0 aliphatic carbocycles. The second kappa shape index (κ2) is 5.14. The van der Waals surface area contributed by atoms with Gasteiger partial charge in [0.05, 0.1) is 12.3 Å². The second-order valence-electron chi connectivity index (χ2n) is 2.83. The number of nitrogens with zero attached hydrogens (tertiary/aromatic N) is 1. The van der Waals surface area contributed by atoms with Gasteiger partial charge < -0.3 is 9.72 Å². The van der Waals surface area contributed by atoms with Crippen LogP contribution in [0, 0.1) is 0 Å². The van der Waals surface area contributed by atoms with Crippen LogP contribution < -0.4 is 0 Å². The average Bonchev–Trinajstić information content (AvgIpc) is 2.48. The fourth-order valence-electron chi connectivity index (χ4n) is 1.18. The van der Waals surface area contributed by atoms with E-state index in [-0.39, 0.29) is 5.97 Å². The standard InChI is InChI=1S/C9H13BrN2O2/c1-3-5-6-7(8(13)14-4-2)12-9(10)11-6/h3-5H2,1-2H3,(H,11,12). The molecule has 0 aliphatic rings. The number of hydrogen-bond donors (Lipinski definition) is 1. The molecule has 0 unspecified atom stereocenters. The number of rotatable bonds is 4. The molecule has 1 N–H and O–H groups in total. The summed E-state index contributed by atoms with van der Waals surface area (Å²) in [6.07, 6.45) is 1.76. The minimum absolute atomic E-state index is 0.363. The molecule has 1 rings (SSSR count). The van der Waals surface area contributed by atoms with Crippen LogP contribution in [0.5, 0.6) is 0 Å². The number of aromatic nitrogens is 2. The van der Waals surface area contributed by atoms with Crippen molar-refractivity contribution in [1.29, 1.82) is 0 Å². The maximum absolute atomic E-state index is 11.4. The molecule has 0 fully saturated rings. The van der Waals surface area contributed by atoms with E-state index < -0.39 is 0 Å². The number of aryl methyl sites for hydroxylation is 1. The van der Waals surface area contributed by atoms with Crippen LogP contribution in [-0.2, 0) is 11.2 Å². The first-order valence-corrected chi connectivity index (χ1v) is 5.39. The van der Waals surface area contributed by atoms with Crippen molar-refractivity contribution < 1.29 is 9.53 Å². The van der Waals surface area contributed by atoms with Gasteiger partial charge >= 0.3 is 5.97 Å². The number of hydrogen-bond acceptors (Lipinski definition) is 3. The lowest BCUT2D eigenvalue weighted by Crippen LogP contribution is -2.08. The van der Waals surface area contributed by atoms with E-state index in [1.54, 1.807) is 6.92 Å². The van der Waals surface area contributed by atoms with Crippen LogP contribution >= 0.6 is 15.9 Å². The topological polar surface area (TPSA) is 55.0 Å². The molecule has 0 bridgehead atoms. The van der Waals surface area contributed by atoms with Gasteiger partial charge in [-0.15, -0.1) is 0 Å². The van der Waals surface area contributed by atoms with Crippen molar-refractivity contribution in [2.75, 3.05) is 6.61 Å². The normalized spacial score (nSPS) is 10.2. The summed E-state index contributed by atoms with van der Waals surface area (Å²) in [4.78, 5) is 18.5. The summed E-state index contributed by atoms with van der Waals surface area (Å²) in [5.41, 5.74) is 1.22. The Hall–Kier alpha value is -0.840. The van der Waals surface area contributed by atoms with Crippen molar-refractivity contribution in [3.05, 3.63) is 16.1 Å². The van der Waals surface area contributed by atoms with E-state index in [9.17, 15) is 4.79 Å². The van der Waals surface area contributed by atoms with Gasteiger partial charge in [0.15, 0.2) is 10.4 Å². The molecule has 0 spiro atoms. The molecule has 78 valence electrons. The third-order valence-corrected chi connectivity index (χ3v) is 2.09. The maximum atomic E-state index is 11.4. The van der Waals surface area contributed by atoms with Crippen LogP contribution in [0.15, 0.2) is 4.73 Å². The minimum Gasteiger partial charge on any atom is -0.461 e. The zero-order chi connectivity index (χ0) is 10.6. The van der Waals surface area contributed by atoms with Crippen LogP contribution in [0.25, 0.3) is 0 Å². The summed E-state index contributed by atoms with van der Waals surface area (Å²) in [7, 11) is 0. The number of esters is 1. The van der Waals surface area contributed by atoms with Crippen LogP contribution in [0.3, 0.4) is 0 Å². The Morgan fingerprint density at radius 1 is 1.57 bits per heavy atom. The number of carbonyl (C=O) groups is 1. The molecule has 0 saturated heterocycles. The van der Waals surface area contributed by atoms with Crippen molar-refractivity contribution in [2.45, 2.75) is 26.7 Å². The van der Waals surface area contributed by atoms with Gasteiger partial charge in [-0.1, -0.05) is 13.3 Å². The van der Waals surface area contributed by atoms with E-state index >= 15 is 0 Å². The van der Waals surface area contributed by atoms with E-state index in [0.29, 0.717) is 17.0 Å². The number of imidazole rings is 1. The quantitative estimate of drug-likeness (QED) is 0.846. The molecule has 0 aromatic carbocycles. The van der Waals surface area contributed by atoms with Crippen molar-refractivity contribution in [1.82, 2.24) is 9.97 Å². The van der Waals surface area contributed by atoms with Gasteiger partial charge in [0, 0.05) is 0 Å². The van der Waals surface area contributed by atoms with E-state index in [1.807, 2.05) is 6.92 Å². The largest absolute Gasteiger partial charge is 0.461 e. The maximum Gasteiger partial charge on any atom is 0.358 e. The Labute approximate surface area is 91.2 Å². The molecule has 4 nitrogen and oxygen atoms in total. The molecule has 1 aromatic heterocycles. The number of ether oxygens (including phenoxy) is 1. The lowest BCUT2D eigenvalue weighted by atomic mass is 10.2. The highest BCUT2D eigenvalue weighted by Crippen LogP contribution is 2.13. The van der Waals surface area contributed by atoms with Crippen molar-refractivity contribution in [3.8, 4) is 0 Å². The van der Waals surface area contributed by atoms with Crippen LogP contribution in [-0.4, -0.2) is 22.5 Å². The van der Waals surface area contributed by atoms with Gasteiger partial charge in [-0.05, 0) is 29.3 Å². The van der Waals surface area contributed by atoms with E-state index in [0.717, 1.165) is 18.5 Å². The zero-order valence-electron chi connectivity index (χ0n) is 8.26. The summed E-state index contributed by atoms with van der Waals surface area (Å²) in [5.74, 6) is -0.363. The van der Waals surface area contributed by atoms with E-state index in [2.05, 4.69) is 25.9 Å². The first-order chi connectivity index (χ1) is 6.69. The van der Waals surface area contributed by atoms with Gasteiger partial charge in [-0.25, -0.2) is 9.78 Å². The third kappa shape index (κ3) is 2.57. The molecule has 0 aliphatic heterocycles. The van der Waals surface area contributed by atoms with Crippen LogP contribution in [0.1, 0.15) is 36.5 Å². The van der Waals surface area contributed by atoms with E-state index in [1.165, 1.54) is 0 Å². The first-order valence-electron chi connectivity index (χ1n) is 4.60. The summed E-state index contributed by atoms with van der Waals surface area (Å²) in [5, 5.41) is 0. The Kier molecular flexibility index (Phi) is 4.13. The van der Waals surface area contributed by atoms with Crippen molar-refractivity contribution >= 4 is 21.9 Å². The van der Waals surface area contributed by atoms with Crippen LogP contribution in [0.2, 0.25) is 0 Å². The highest BCUT2D eigenvalue weighted by atomic mass is 79.9. The SMILES string of the molecule is CCCc1[nH]c(Br)nc1C(=O)OCC. The fourth-order valence-corrected chi connectivity index (χ4v) is 1.59. The van der Waals surface area contributed by atoms with Gasteiger partial charge in [-0.3, -0.25) is 0 Å². The molecule has 1 aromatic rings. The van der Waals surface area contributed by atoms with Crippen LogP contribution in [0.4, 0.5) is 0 Å². The predicted octanol–water partition coefficient (Wildman–Crippen LogP) is 2.30. The molecule has 0 radical (unpaired) electrons. The molecule has 14 heavy (non-hydrogen) atoms. The summed E-state index contributed by atoms with van der Waals surface area (Å²) in [6, 6.07) is 0. The number of H-pyrrole nitrogens is 1. The first kappa shape index (κ1) is 11.2. The molecule has 0 amide bonds. The highest BCUT2D eigenvalue weighted by molar-refractivity contribution is 9.10. The summed E-state index contributed by atoms with van der Waals surface area (Å²) < 4.78 is 5.46. The lowest BCUT2D eigenvalue weighted by Gasteiger charge is -2.00. The molecule has 5 heteroatoms. The zero-order valence-corrected chi connectivity index (χ0v) is 9.85. The number of carbonyl (C=O) groups excluding carboxylic acids is 1. The number of aromatic amines is 1. The summed E-state index contributed by atoms with van der Waals surface area (Å²) >= 11 is 3.20. The molecular formula is C9H13BrN2O2. The number of halogens is 1. The molecule has 0 saturated carbocycles. The Morgan fingerprint density at radius 2 is 2.29 bits per heavy atom. The minimum atomic E-state index is -0.363. The van der Waals surface area contributed by atoms with Crippen molar-refractivity contribution in [2.24, 2.45) is 0 Å². The van der Waals surface area contributed by atoms with Gasteiger partial charge in [0.1, 0.15) is 0 Å². The predicted molar refractivity (Wildman–Crippen MR) is 56.2 cm³/mol. The lowest BCUT2D eigenvalue weighted by molar-refractivity contribution is 0.0518. The molecular weight excluding hydrogens is 248 g/mol. The Bertz CT molecular complexity index is 323. The molecule has 0 atom stereocenters. The van der Waals surface area contributed by atoms with Gasteiger partial charge in [-0.2, -0.15) is 0 Å². The fraction of sp³-hybridized carbons (Fsp3) is 0.556. The third-order valence-electron chi connectivity index (χ3n) is 1.72. The highest BCUT2D eigenvalue weighted by Gasteiger charge is 2.16. The Morgan fingerprint density at radius 3 is 2.86 bits per heavy atom. The smallest absolute Gasteiger partial charge is 0.358 e. The van der Waals surface area contributed by atoms with Gasteiger partial charge in [0.2, 0.25) is 0 Å². The molecule has 1 heterocycles. The van der Waals surface area contributed by atoms with Gasteiger partial charge in [0.25, 0.3) is 0 Å². The summed E-state index contributed by atoms with van der Waals surface area (Å²) in [6.45, 7) is 4.19. The Balaban J connectivity index is 2.88. The van der Waals surface area contributed by atoms with E-state index in [4.69, 9.17) is 4.74 Å². The monoisotopic (exact) mass is 260 g/mol. The number of nitrogens with one attached hydrogen (secondary N) is 1.